The molecule has 2 rings (SSSR count). The van der Waals surface area contributed by atoms with Gasteiger partial charge >= 0.3 is 0 Å². The summed E-state index contributed by atoms with van der Waals surface area (Å²) >= 11 is 0. The standard InChI is InChI=1S/C11H16N4/c1-14-5-3-9(4-6-14)11-7-10(8-12)13-15(11)2/h7,9H,3-6H2,1-2H3. The molecule has 1 saturated heterocycles. The van der Waals surface area contributed by atoms with E-state index >= 15 is 0 Å². The van der Waals surface area contributed by atoms with Gasteiger partial charge in [0.05, 0.1) is 0 Å². The quantitative estimate of drug-likeness (QED) is 0.688. The summed E-state index contributed by atoms with van der Waals surface area (Å²) in [5, 5.41) is 12.9. The molecule has 0 bridgehead atoms. The predicted molar refractivity (Wildman–Crippen MR) is 57.4 cm³/mol. The fraction of sp³-hybridized carbons (Fsp3) is 0.636. The molecule has 15 heavy (non-hydrogen) atoms. The van der Waals surface area contributed by atoms with Crippen molar-refractivity contribution in [2.24, 2.45) is 7.05 Å². The molecule has 1 fully saturated rings. The van der Waals surface area contributed by atoms with Crippen LogP contribution >= 0.6 is 0 Å². The van der Waals surface area contributed by atoms with Crippen molar-refractivity contribution in [3.63, 3.8) is 0 Å². The van der Waals surface area contributed by atoms with Crippen LogP contribution in [0.2, 0.25) is 0 Å². The number of piperidine rings is 1. The van der Waals surface area contributed by atoms with E-state index in [1.165, 1.54) is 18.5 Å². The van der Waals surface area contributed by atoms with Gasteiger partial charge in [-0.25, -0.2) is 0 Å². The minimum absolute atomic E-state index is 0.534. The monoisotopic (exact) mass is 204 g/mol. The van der Waals surface area contributed by atoms with E-state index in [1.54, 1.807) is 0 Å². The Morgan fingerprint density at radius 2 is 2.07 bits per heavy atom. The molecule has 1 aliphatic rings. The summed E-state index contributed by atoms with van der Waals surface area (Å²) in [6.07, 6.45) is 2.34. The van der Waals surface area contributed by atoms with Crippen LogP contribution in [-0.4, -0.2) is 34.8 Å². The van der Waals surface area contributed by atoms with Crippen LogP contribution in [-0.2, 0) is 7.05 Å². The summed E-state index contributed by atoms with van der Waals surface area (Å²) in [7, 11) is 4.08. The van der Waals surface area contributed by atoms with Crippen molar-refractivity contribution in [2.45, 2.75) is 18.8 Å². The zero-order valence-electron chi connectivity index (χ0n) is 9.27. The molecule has 0 unspecified atom stereocenters. The lowest BCUT2D eigenvalue weighted by Gasteiger charge is -2.28. The second kappa shape index (κ2) is 4.03. The molecule has 1 aliphatic heterocycles. The molecule has 0 atom stereocenters. The van der Waals surface area contributed by atoms with E-state index in [4.69, 9.17) is 5.26 Å². The van der Waals surface area contributed by atoms with E-state index in [0.717, 1.165) is 13.1 Å². The van der Waals surface area contributed by atoms with Crippen LogP contribution in [0.1, 0.15) is 30.1 Å². The lowest BCUT2D eigenvalue weighted by molar-refractivity contribution is 0.251. The third kappa shape index (κ3) is 2.02. The van der Waals surface area contributed by atoms with E-state index in [2.05, 4.69) is 23.1 Å². The highest BCUT2D eigenvalue weighted by atomic mass is 15.3. The average Bonchev–Trinajstić information content (AvgIpc) is 2.61. The van der Waals surface area contributed by atoms with Crippen molar-refractivity contribution in [2.75, 3.05) is 20.1 Å². The van der Waals surface area contributed by atoms with Gasteiger partial charge < -0.3 is 4.90 Å². The van der Waals surface area contributed by atoms with Crippen LogP contribution in [0.25, 0.3) is 0 Å². The zero-order valence-corrected chi connectivity index (χ0v) is 9.27. The van der Waals surface area contributed by atoms with Gasteiger partial charge in [-0.15, -0.1) is 0 Å². The Morgan fingerprint density at radius 1 is 1.40 bits per heavy atom. The van der Waals surface area contributed by atoms with E-state index in [0.29, 0.717) is 11.6 Å². The molecule has 0 N–H and O–H groups in total. The topological polar surface area (TPSA) is 44.9 Å². The molecule has 0 radical (unpaired) electrons. The SMILES string of the molecule is CN1CCC(c2cc(C#N)nn2C)CC1. The van der Waals surface area contributed by atoms with Crippen LogP contribution in [0.15, 0.2) is 6.07 Å². The van der Waals surface area contributed by atoms with Gasteiger partial charge in [0.1, 0.15) is 6.07 Å². The highest BCUT2D eigenvalue weighted by Crippen LogP contribution is 2.27. The van der Waals surface area contributed by atoms with Crippen molar-refractivity contribution in [1.82, 2.24) is 14.7 Å². The number of hydrogen-bond acceptors (Lipinski definition) is 3. The first kappa shape index (κ1) is 10.2. The minimum atomic E-state index is 0.534. The highest BCUT2D eigenvalue weighted by molar-refractivity contribution is 5.24. The number of nitrogens with zero attached hydrogens (tertiary/aromatic N) is 4. The van der Waals surface area contributed by atoms with Crippen molar-refractivity contribution in [1.29, 1.82) is 5.26 Å². The number of aromatic nitrogens is 2. The van der Waals surface area contributed by atoms with Crippen molar-refractivity contribution in [3.8, 4) is 6.07 Å². The lowest BCUT2D eigenvalue weighted by atomic mass is 9.93. The Labute approximate surface area is 90.1 Å². The molecule has 4 heteroatoms. The third-order valence-electron chi connectivity index (χ3n) is 3.17. The Morgan fingerprint density at radius 3 is 2.60 bits per heavy atom. The average molecular weight is 204 g/mol. The van der Waals surface area contributed by atoms with Crippen molar-refractivity contribution >= 4 is 0 Å². The van der Waals surface area contributed by atoms with Crippen LogP contribution in [0.3, 0.4) is 0 Å². The molecule has 1 aromatic rings. The van der Waals surface area contributed by atoms with E-state index in [1.807, 2.05) is 17.8 Å². The summed E-state index contributed by atoms with van der Waals surface area (Å²) in [5.41, 5.74) is 1.74. The number of likely N-dealkylation sites (tertiary alicyclic amines) is 1. The van der Waals surface area contributed by atoms with E-state index < -0.39 is 0 Å². The van der Waals surface area contributed by atoms with Crippen LogP contribution in [0.4, 0.5) is 0 Å². The van der Waals surface area contributed by atoms with Gasteiger partial charge in [0.15, 0.2) is 5.69 Å². The maximum atomic E-state index is 8.78. The maximum absolute atomic E-state index is 8.78. The van der Waals surface area contributed by atoms with Gasteiger partial charge in [-0.2, -0.15) is 10.4 Å². The molecule has 0 spiro atoms. The predicted octanol–water partition coefficient (Wildman–Crippen LogP) is 1.10. The maximum Gasteiger partial charge on any atom is 0.162 e. The second-order valence-electron chi connectivity index (χ2n) is 4.27. The summed E-state index contributed by atoms with van der Waals surface area (Å²) in [5.74, 6) is 0.570. The Hall–Kier alpha value is -1.34. The highest BCUT2D eigenvalue weighted by Gasteiger charge is 2.21. The molecular weight excluding hydrogens is 188 g/mol. The molecule has 80 valence electrons. The van der Waals surface area contributed by atoms with Gasteiger partial charge in [-0.1, -0.05) is 0 Å². The van der Waals surface area contributed by atoms with Crippen LogP contribution in [0.5, 0.6) is 0 Å². The fourth-order valence-corrected chi connectivity index (χ4v) is 2.22. The molecule has 4 nitrogen and oxygen atoms in total. The third-order valence-corrected chi connectivity index (χ3v) is 3.17. The Bertz CT molecular complexity index is 380. The number of rotatable bonds is 1. The minimum Gasteiger partial charge on any atom is -0.306 e. The molecule has 1 aromatic heterocycles. The summed E-state index contributed by atoms with van der Waals surface area (Å²) in [6.45, 7) is 2.27. The number of hydrogen-bond donors (Lipinski definition) is 0. The molecule has 2 heterocycles. The largest absolute Gasteiger partial charge is 0.306 e. The molecule has 0 saturated carbocycles. The Kier molecular flexibility index (Phi) is 2.74. The van der Waals surface area contributed by atoms with Gasteiger partial charge in [0, 0.05) is 18.7 Å². The fourth-order valence-electron chi connectivity index (χ4n) is 2.22. The summed E-state index contributed by atoms with van der Waals surface area (Å²) in [4.78, 5) is 2.35. The van der Waals surface area contributed by atoms with Gasteiger partial charge in [-0.3, -0.25) is 4.68 Å². The van der Waals surface area contributed by atoms with Gasteiger partial charge in [0.25, 0.3) is 0 Å². The summed E-state index contributed by atoms with van der Waals surface area (Å²) < 4.78 is 1.86. The first-order chi connectivity index (χ1) is 7.20. The molecule has 0 aliphatic carbocycles. The first-order valence-electron chi connectivity index (χ1n) is 5.33. The van der Waals surface area contributed by atoms with Crippen molar-refractivity contribution in [3.05, 3.63) is 17.5 Å². The van der Waals surface area contributed by atoms with E-state index in [-0.39, 0.29) is 0 Å². The van der Waals surface area contributed by atoms with Crippen molar-refractivity contribution < 1.29 is 0 Å². The van der Waals surface area contributed by atoms with Crippen LogP contribution in [0, 0.1) is 11.3 Å². The first-order valence-corrected chi connectivity index (χ1v) is 5.33. The normalized spacial score (nSPS) is 19.0. The lowest BCUT2D eigenvalue weighted by Crippen LogP contribution is -2.29. The number of nitriles is 1. The van der Waals surface area contributed by atoms with Gasteiger partial charge in [-0.05, 0) is 39.0 Å². The molecule has 0 aromatic carbocycles. The molecule has 0 amide bonds. The van der Waals surface area contributed by atoms with Gasteiger partial charge in [0.2, 0.25) is 0 Å². The van der Waals surface area contributed by atoms with E-state index in [9.17, 15) is 0 Å². The Balaban J connectivity index is 2.16. The molecular formula is C11H16N4. The van der Waals surface area contributed by atoms with Crippen LogP contribution < -0.4 is 0 Å². The zero-order chi connectivity index (χ0) is 10.8. The summed E-state index contributed by atoms with van der Waals surface area (Å²) in [6, 6.07) is 4.02. The smallest absolute Gasteiger partial charge is 0.162 e. The second-order valence-corrected chi connectivity index (χ2v) is 4.27. The number of aryl methyl sites for hydroxylation is 1.